The van der Waals surface area contributed by atoms with Gasteiger partial charge in [-0.3, -0.25) is 4.98 Å². The molecule has 0 bridgehead atoms. The topological polar surface area (TPSA) is 77.8 Å². The largest absolute Gasteiger partial charge is 0.334 e. The van der Waals surface area contributed by atoms with E-state index in [1.165, 1.54) is 12.3 Å². The Balaban J connectivity index is 2.24. The molecule has 1 unspecified atom stereocenters. The molecule has 16 heavy (non-hydrogen) atoms. The molecule has 0 aliphatic heterocycles. The molecule has 6 heteroatoms. The van der Waals surface area contributed by atoms with Gasteiger partial charge in [0.1, 0.15) is 5.82 Å². The summed E-state index contributed by atoms with van der Waals surface area (Å²) < 4.78 is 17.9. The molecular weight excluding hydrogens is 211 g/mol. The monoisotopic (exact) mass is 222 g/mol. The van der Waals surface area contributed by atoms with Gasteiger partial charge in [-0.15, -0.1) is 0 Å². The minimum Gasteiger partial charge on any atom is -0.334 e. The minimum atomic E-state index is -0.440. The van der Waals surface area contributed by atoms with E-state index in [2.05, 4.69) is 15.1 Å². The first kappa shape index (κ1) is 10.7. The highest BCUT2D eigenvalue weighted by molar-refractivity contribution is 5.50. The van der Waals surface area contributed by atoms with Gasteiger partial charge in [-0.25, -0.2) is 4.39 Å². The summed E-state index contributed by atoms with van der Waals surface area (Å²) in [5.41, 5.74) is 6.06. The van der Waals surface area contributed by atoms with Crippen LogP contribution in [0.3, 0.4) is 0 Å². The molecule has 84 valence electrons. The van der Waals surface area contributed by atoms with Crippen LogP contribution < -0.4 is 5.73 Å². The number of hydrogen-bond acceptors (Lipinski definition) is 5. The van der Waals surface area contributed by atoms with E-state index >= 15 is 0 Å². The summed E-state index contributed by atoms with van der Waals surface area (Å²) in [5.74, 6) is 0.321. The highest BCUT2D eigenvalue weighted by Gasteiger charge is 2.10. The molecule has 1 atom stereocenters. The quantitative estimate of drug-likeness (QED) is 0.843. The summed E-state index contributed by atoms with van der Waals surface area (Å²) in [6.07, 6.45) is 3.10. The second-order valence-corrected chi connectivity index (χ2v) is 3.59. The van der Waals surface area contributed by atoms with Crippen LogP contribution in [0.15, 0.2) is 23.0 Å². The van der Waals surface area contributed by atoms with Crippen LogP contribution in [0.4, 0.5) is 4.39 Å². The summed E-state index contributed by atoms with van der Waals surface area (Å²) in [5, 5.41) is 3.75. The first-order valence-corrected chi connectivity index (χ1v) is 4.84. The van der Waals surface area contributed by atoms with Gasteiger partial charge in [0.25, 0.3) is 5.89 Å². The van der Waals surface area contributed by atoms with Crippen molar-refractivity contribution in [1.82, 2.24) is 15.1 Å². The maximum atomic E-state index is 12.9. The molecular formula is C10H11FN4O. The molecule has 2 rings (SSSR count). The molecule has 0 fully saturated rings. The molecule has 0 saturated carbocycles. The standard InChI is InChI=1S/C10H11FN4O/c1-6(12)2-9-14-10(16-15-9)7-3-8(11)5-13-4-7/h3-6H,2,12H2,1H3. The third-order valence-corrected chi connectivity index (χ3v) is 1.92. The Kier molecular flexibility index (Phi) is 2.91. The van der Waals surface area contributed by atoms with Crippen molar-refractivity contribution in [2.75, 3.05) is 0 Å². The number of nitrogens with two attached hydrogens (primary N) is 1. The number of hydrogen-bond donors (Lipinski definition) is 1. The molecule has 2 N–H and O–H groups in total. The van der Waals surface area contributed by atoms with Crippen molar-refractivity contribution in [1.29, 1.82) is 0 Å². The molecule has 5 nitrogen and oxygen atoms in total. The van der Waals surface area contributed by atoms with Crippen molar-refractivity contribution in [2.24, 2.45) is 5.73 Å². The predicted octanol–water partition coefficient (Wildman–Crippen LogP) is 1.16. The van der Waals surface area contributed by atoms with E-state index in [9.17, 15) is 4.39 Å². The van der Waals surface area contributed by atoms with E-state index in [4.69, 9.17) is 10.3 Å². The lowest BCUT2D eigenvalue weighted by Crippen LogP contribution is -2.18. The zero-order chi connectivity index (χ0) is 11.5. The molecule has 0 aliphatic rings. The van der Waals surface area contributed by atoms with E-state index in [1.807, 2.05) is 6.92 Å². The maximum Gasteiger partial charge on any atom is 0.259 e. The van der Waals surface area contributed by atoms with Crippen molar-refractivity contribution >= 4 is 0 Å². The Morgan fingerprint density at radius 2 is 2.31 bits per heavy atom. The number of aromatic nitrogens is 3. The van der Waals surface area contributed by atoms with Crippen LogP contribution in [0, 0.1) is 5.82 Å². The van der Waals surface area contributed by atoms with Gasteiger partial charge in [0.15, 0.2) is 5.82 Å². The molecule has 0 saturated heterocycles. The second kappa shape index (κ2) is 4.36. The zero-order valence-corrected chi connectivity index (χ0v) is 8.72. The van der Waals surface area contributed by atoms with Crippen molar-refractivity contribution in [3.05, 3.63) is 30.1 Å². The molecule has 0 aliphatic carbocycles. The zero-order valence-electron chi connectivity index (χ0n) is 8.72. The lowest BCUT2D eigenvalue weighted by Gasteiger charge is -1.96. The number of pyridine rings is 1. The Labute approximate surface area is 91.5 Å². The summed E-state index contributed by atoms with van der Waals surface area (Å²) in [4.78, 5) is 7.80. The minimum absolute atomic E-state index is 0.0453. The van der Waals surface area contributed by atoms with Gasteiger partial charge in [-0.1, -0.05) is 5.16 Å². The number of rotatable bonds is 3. The van der Waals surface area contributed by atoms with Crippen LogP contribution in [0.2, 0.25) is 0 Å². The van der Waals surface area contributed by atoms with Crippen molar-refractivity contribution in [3.8, 4) is 11.5 Å². The highest BCUT2D eigenvalue weighted by atomic mass is 19.1. The first-order valence-electron chi connectivity index (χ1n) is 4.84. The van der Waals surface area contributed by atoms with Crippen LogP contribution in [0.1, 0.15) is 12.7 Å². The lowest BCUT2D eigenvalue weighted by atomic mass is 10.2. The van der Waals surface area contributed by atoms with E-state index in [0.717, 1.165) is 6.20 Å². The maximum absolute atomic E-state index is 12.9. The normalized spacial score (nSPS) is 12.7. The predicted molar refractivity (Wildman–Crippen MR) is 54.8 cm³/mol. The number of nitrogens with zero attached hydrogens (tertiary/aromatic N) is 3. The molecule has 2 aromatic rings. The lowest BCUT2D eigenvalue weighted by molar-refractivity contribution is 0.420. The van der Waals surface area contributed by atoms with Crippen molar-refractivity contribution in [2.45, 2.75) is 19.4 Å². The van der Waals surface area contributed by atoms with Gasteiger partial charge in [0.2, 0.25) is 0 Å². The van der Waals surface area contributed by atoms with Crippen LogP contribution >= 0.6 is 0 Å². The van der Waals surface area contributed by atoms with E-state index in [0.29, 0.717) is 17.8 Å². The van der Waals surface area contributed by atoms with E-state index in [-0.39, 0.29) is 11.9 Å². The Morgan fingerprint density at radius 1 is 1.50 bits per heavy atom. The smallest absolute Gasteiger partial charge is 0.259 e. The van der Waals surface area contributed by atoms with Gasteiger partial charge in [0, 0.05) is 18.7 Å². The molecule has 2 heterocycles. The van der Waals surface area contributed by atoms with Crippen LogP contribution in [0.5, 0.6) is 0 Å². The Morgan fingerprint density at radius 3 is 3.00 bits per heavy atom. The fourth-order valence-corrected chi connectivity index (χ4v) is 1.27. The van der Waals surface area contributed by atoms with Gasteiger partial charge < -0.3 is 10.3 Å². The van der Waals surface area contributed by atoms with Gasteiger partial charge in [0.05, 0.1) is 11.8 Å². The van der Waals surface area contributed by atoms with E-state index < -0.39 is 5.82 Å². The summed E-state index contributed by atoms with van der Waals surface area (Å²) in [7, 11) is 0. The summed E-state index contributed by atoms with van der Waals surface area (Å²) in [6, 6.07) is 1.24. The van der Waals surface area contributed by atoms with Gasteiger partial charge in [-0.2, -0.15) is 4.98 Å². The molecule has 0 amide bonds. The van der Waals surface area contributed by atoms with Crippen LogP contribution in [-0.2, 0) is 6.42 Å². The van der Waals surface area contributed by atoms with Crippen LogP contribution in [-0.4, -0.2) is 21.2 Å². The van der Waals surface area contributed by atoms with Gasteiger partial charge in [-0.05, 0) is 13.0 Å². The average molecular weight is 222 g/mol. The van der Waals surface area contributed by atoms with Crippen molar-refractivity contribution < 1.29 is 8.91 Å². The second-order valence-electron chi connectivity index (χ2n) is 3.59. The van der Waals surface area contributed by atoms with Crippen molar-refractivity contribution in [3.63, 3.8) is 0 Å². The Hall–Kier alpha value is -1.82. The summed E-state index contributed by atoms with van der Waals surface area (Å²) in [6.45, 7) is 1.85. The summed E-state index contributed by atoms with van der Waals surface area (Å²) >= 11 is 0. The third kappa shape index (κ3) is 2.40. The Bertz CT molecular complexity index is 483. The first-order chi connectivity index (χ1) is 7.65. The number of halogens is 1. The molecule has 0 aromatic carbocycles. The third-order valence-electron chi connectivity index (χ3n) is 1.92. The van der Waals surface area contributed by atoms with Gasteiger partial charge >= 0.3 is 0 Å². The molecule has 0 radical (unpaired) electrons. The molecule has 2 aromatic heterocycles. The average Bonchev–Trinajstić information content (AvgIpc) is 2.65. The SMILES string of the molecule is CC(N)Cc1noc(-c2cncc(F)c2)n1. The fraction of sp³-hybridized carbons (Fsp3) is 0.300. The molecule has 0 spiro atoms. The van der Waals surface area contributed by atoms with Crippen LogP contribution in [0.25, 0.3) is 11.5 Å². The van der Waals surface area contributed by atoms with E-state index in [1.54, 1.807) is 0 Å². The fourth-order valence-electron chi connectivity index (χ4n) is 1.27. The highest BCUT2D eigenvalue weighted by Crippen LogP contribution is 2.16.